The molecule has 0 unspecified atom stereocenters. The average Bonchev–Trinajstić information content (AvgIpc) is 2.79. The van der Waals surface area contributed by atoms with E-state index in [9.17, 15) is 19.1 Å². The SMILES string of the molecule is C[C@@H](CCOC(=O)CS)[C@@H](OC(=O)Nc1cccc2ccccc12)c1ccc(O)c(F)c1. The number of halogens is 1. The maximum absolute atomic E-state index is 14.0. The molecule has 0 aliphatic rings. The number of hydrogen-bond donors (Lipinski definition) is 3. The lowest BCUT2D eigenvalue weighted by molar-refractivity contribution is -0.141. The van der Waals surface area contributed by atoms with Crippen molar-refractivity contribution in [3.63, 3.8) is 0 Å². The molecule has 3 aromatic carbocycles. The Morgan fingerprint density at radius 1 is 1.12 bits per heavy atom. The molecular formula is C24H24FNO5S. The van der Waals surface area contributed by atoms with Gasteiger partial charge in [-0.15, -0.1) is 0 Å². The lowest BCUT2D eigenvalue weighted by atomic mass is 9.94. The van der Waals surface area contributed by atoms with Gasteiger partial charge in [-0.05, 0) is 35.6 Å². The molecule has 0 bridgehead atoms. The molecule has 0 aromatic heterocycles. The third-order valence-electron chi connectivity index (χ3n) is 5.04. The molecule has 32 heavy (non-hydrogen) atoms. The summed E-state index contributed by atoms with van der Waals surface area (Å²) in [6.07, 6.45) is -1.18. The number of anilines is 1. The summed E-state index contributed by atoms with van der Waals surface area (Å²) in [5.41, 5.74) is 0.959. The smallest absolute Gasteiger partial charge is 0.412 e. The molecule has 0 heterocycles. The van der Waals surface area contributed by atoms with Crippen LogP contribution in [0.2, 0.25) is 0 Å². The van der Waals surface area contributed by atoms with Gasteiger partial charge in [0.05, 0.1) is 18.0 Å². The van der Waals surface area contributed by atoms with Gasteiger partial charge in [-0.25, -0.2) is 9.18 Å². The van der Waals surface area contributed by atoms with Crippen molar-refractivity contribution in [1.82, 2.24) is 0 Å². The number of carbonyl (C=O) groups excluding carboxylic acids is 2. The van der Waals surface area contributed by atoms with Crippen LogP contribution in [0.3, 0.4) is 0 Å². The van der Waals surface area contributed by atoms with Crippen molar-refractivity contribution in [3.05, 3.63) is 72.0 Å². The molecule has 168 valence electrons. The molecule has 8 heteroatoms. The molecule has 6 nitrogen and oxygen atoms in total. The van der Waals surface area contributed by atoms with Gasteiger partial charge in [0.1, 0.15) is 6.10 Å². The number of esters is 1. The van der Waals surface area contributed by atoms with Crippen molar-refractivity contribution in [2.75, 3.05) is 17.7 Å². The highest BCUT2D eigenvalue weighted by molar-refractivity contribution is 7.81. The Morgan fingerprint density at radius 2 is 1.88 bits per heavy atom. The first-order valence-electron chi connectivity index (χ1n) is 10.1. The van der Waals surface area contributed by atoms with Crippen molar-refractivity contribution in [3.8, 4) is 5.75 Å². The van der Waals surface area contributed by atoms with Gasteiger partial charge in [-0.1, -0.05) is 49.4 Å². The Labute approximate surface area is 190 Å². The third-order valence-corrected chi connectivity index (χ3v) is 5.30. The van der Waals surface area contributed by atoms with E-state index in [-0.39, 0.29) is 18.3 Å². The number of phenols is 1. The second kappa shape index (κ2) is 10.9. The predicted molar refractivity (Wildman–Crippen MR) is 123 cm³/mol. The first-order valence-corrected chi connectivity index (χ1v) is 10.7. The van der Waals surface area contributed by atoms with E-state index < -0.39 is 29.7 Å². The molecule has 0 radical (unpaired) electrons. The topological polar surface area (TPSA) is 84.9 Å². The van der Waals surface area contributed by atoms with Crippen LogP contribution in [-0.4, -0.2) is 29.5 Å². The Kier molecular flexibility index (Phi) is 7.94. The normalized spacial score (nSPS) is 12.7. The number of fused-ring (bicyclic) bond motifs is 1. The number of amides is 1. The van der Waals surface area contributed by atoms with Gasteiger partial charge < -0.3 is 14.6 Å². The minimum atomic E-state index is -0.838. The molecule has 2 atom stereocenters. The number of nitrogens with one attached hydrogen (secondary N) is 1. The van der Waals surface area contributed by atoms with Gasteiger partial charge in [0.2, 0.25) is 0 Å². The van der Waals surface area contributed by atoms with Crippen LogP contribution < -0.4 is 5.32 Å². The van der Waals surface area contributed by atoms with E-state index in [1.165, 1.54) is 12.1 Å². The molecule has 1 amide bonds. The number of carbonyl (C=O) groups is 2. The van der Waals surface area contributed by atoms with Crippen LogP contribution in [0.4, 0.5) is 14.9 Å². The predicted octanol–water partition coefficient (Wildman–Crippen LogP) is 5.47. The largest absolute Gasteiger partial charge is 0.505 e. The van der Waals surface area contributed by atoms with Crippen LogP contribution >= 0.6 is 12.6 Å². The second-order valence-corrected chi connectivity index (χ2v) is 7.65. The molecule has 2 N–H and O–H groups in total. The summed E-state index contributed by atoms with van der Waals surface area (Å²) in [5, 5.41) is 14.1. The highest BCUT2D eigenvalue weighted by Gasteiger charge is 2.25. The maximum Gasteiger partial charge on any atom is 0.412 e. The van der Waals surface area contributed by atoms with E-state index in [1.807, 2.05) is 36.4 Å². The fourth-order valence-electron chi connectivity index (χ4n) is 3.36. The van der Waals surface area contributed by atoms with E-state index in [2.05, 4.69) is 17.9 Å². The summed E-state index contributed by atoms with van der Waals surface area (Å²) < 4.78 is 24.7. The molecule has 0 saturated heterocycles. The summed E-state index contributed by atoms with van der Waals surface area (Å²) in [4.78, 5) is 24.1. The number of aromatic hydroxyl groups is 1. The van der Waals surface area contributed by atoms with Crippen molar-refractivity contribution < 1.29 is 28.6 Å². The number of thiol groups is 1. The second-order valence-electron chi connectivity index (χ2n) is 7.33. The zero-order valence-corrected chi connectivity index (χ0v) is 18.3. The Balaban J connectivity index is 1.78. The van der Waals surface area contributed by atoms with Gasteiger partial charge in [-0.3, -0.25) is 10.1 Å². The molecule has 0 spiro atoms. The first kappa shape index (κ1) is 23.4. The Hall–Kier alpha value is -3.26. The monoisotopic (exact) mass is 457 g/mol. The van der Waals surface area contributed by atoms with Crippen molar-refractivity contribution in [2.45, 2.75) is 19.4 Å². The van der Waals surface area contributed by atoms with E-state index in [0.717, 1.165) is 16.8 Å². The highest BCUT2D eigenvalue weighted by atomic mass is 32.1. The number of benzene rings is 3. The standard InChI is InChI=1S/C24H24FNO5S/c1-15(11-12-30-22(28)14-32)23(17-9-10-21(27)19(25)13-17)31-24(29)26-20-8-4-6-16-5-2-3-7-18(16)20/h2-10,13,15,23,27,32H,11-12,14H2,1H3,(H,26,29)/t15-,23+/m0/s1. The van der Waals surface area contributed by atoms with E-state index in [4.69, 9.17) is 9.47 Å². The van der Waals surface area contributed by atoms with Gasteiger partial charge in [-0.2, -0.15) is 12.6 Å². The Bertz CT molecular complexity index is 1100. The van der Waals surface area contributed by atoms with Crippen molar-refractivity contribution >= 4 is 41.2 Å². The van der Waals surface area contributed by atoms with Crippen molar-refractivity contribution in [1.29, 1.82) is 0 Å². The molecule has 0 aliphatic heterocycles. The van der Waals surface area contributed by atoms with Crippen LogP contribution in [0.25, 0.3) is 10.8 Å². The van der Waals surface area contributed by atoms with Crippen LogP contribution in [0, 0.1) is 11.7 Å². The first-order chi connectivity index (χ1) is 15.4. The minimum Gasteiger partial charge on any atom is -0.505 e. The van der Waals surface area contributed by atoms with Crippen LogP contribution in [-0.2, 0) is 14.3 Å². The lowest BCUT2D eigenvalue weighted by Crippen LogP contribution is -2.23. The lowest BCUT2D eigenvalue weighted by Gasteiger charge is -2.25. The number of rotatable bonds is 8. The summed E-state index contributed by atoms with van der Waals surface area (Å²) in [6, 6.07) is 16.9. The van der Waals surface area contributed by atoms with E-state index in [0.29, 0.717) is 17.7 Å². The maximum atomic E-state index is 14.0. The van der Waals surface area contributed by atoms with Crippen LogP contribution in [0.5, 0.6) is 5.75 Å². The fourth-order valence-corrected chi connectivity index (χ4v) is 3.45. The van der Waals surface area contributed by atoms with Gasteiger partial charge in [0.15, 0.2) is 11.6 Å². The van der Waals surface area contributed by atoms with Gasteiger partial charge in [0, 0.05) is 11.3 Å². The minimum absolute atomic E-state index is 0.0368. The average molecular weight is 458 g/mol. The summed E-state index contributed by atoms with van der Waals surface area (Å²) in [5.74, 6) is -2.13. The quantitative estimate of drug-likeness (QED) is 0.308. The zero-order valence-electron chi connectivity index (χ0n) is 17.5. The van der Waals surface area contributed by atoms with Crippen molar-refractivity contribution in [2.24, 2.45) is 5.92 Å². The molecule has 0 aliphatic carbocycles. The molecule has 3 rings (SSSR count). The van der Waals surface area contributed by atoms with E-state index in [1.54, 1.807) is 13.0 Å². The number of hydrogen-bond acceptors (Lipinski definition) is 6. The Morgan fingerprint density at radius 3 is 2.62 bits per heavy atom. The summed E-state index contributed by atoms with van der Waals surface area (Å²) in [6.45, 7) is 1.90. The number of phenolic OH excluding ortho intramolecular Hbond substituents is 1. The zero-order chi connectivity index (χ0) is 23.1. The summed E-state index contributed by atoms with van der Waals surface area (Å²) >= 11 is 3.86. The molecule has 3 aromatic rings. The molecular weight excluding hydrogens is 433 g/mol. The highest BCUT2D eigenvalue weighted by Crippen LogP contribution is 2.32. The fraction of sp³-hybridized carbons (Fsp3) is 0.250. The van der Waals surface area contributed by atoms with Gasteiger partial charge in [0.25, 0.3) is 0 Å². The van der Waals surface area contributed by atoms with E-state index >= 15 is 0 Å². The number of ether oxygens (including phenoxy) is 2. The van der Waals surface area contributed by atoms with Crippen LogP contribution in [0.1, 0.15) is 25.0 Å². The summed E-state index contributed by atoms with van der Waals surface area (Å²) in [7, 11) is 0. The molecule has 0 fully saturated rings. The van der Waals surface area contributed by atoms with Crippen LogP contribution in [0.15, 0.2) is 60.7 Å². The third kappa shape index (κ3) is 5.91. The van der Waals surface area contributed by atoms with Gasteiger partial charge >= 0.3 is 12.1 Å². The molecule has 0 saturated carbocycles.